The minimum Gasteiger partial charge on any atom is -0.328 e. The fourth-order valence-corrected chi connectivity index (χ4v) is 3.71. The first-order valence-corrected chi connectivity index (χ1v) is 6.92. The molecule has 0 spiro atoms. The SMILES string of the molecule is CC1CCC(C2CCCC(N)C2)CC1C. The summed E-state index contributed by atoms with van der Waals surface area (Å²) in [7, 11) is 0. The van der Waals surface area contributed by atoms with E-state index in [0.29, 0.717) is 6.04 Å². The molecule has 2 fully saturated rings. The van der Waals surface area contributed by atoms with E-state index in [1.54, 1.807) is 0 Å². The summed E-state index contributed by atoms with van der Waals surface area (Å²) in [5.74, 6) is 3.87. The quantitative estimate of drug-likeness (QED) is 0.702. The molecule has 0 aromatic heterocycles. The Labute approximate surface area is 94.8 Å². The normalized spacial score (nSPS) is 47.8. The summed E-state index contributed by atoms with van der Waals surface area (Å²) in [6.45, 7) is 4.87. The number of nitrogens with two attached hydrogens (primary N) is 1. The Morgan fingerprint density at radius 3 is 2.20 bits per heavy atom. The first-order chi connectivity index (χ1) is 7.16. The van der Waals surface area contributed by atoms with Gasteiger partial charge in [0.1, 0.15) is 0 Å². The molecule has 0 bridgehead atoms. The topological polar surface area (TPSA) is 26.0 Å². The third-order valence-corrected chi connectivity index (χ3v) is 5.06. The van der Waals surface area contributed by atoms with Gasteiger partial charge in [-0.2, -0.15) is 0 Å². The lowest BCUT2D eigenvalue weighted by Gasteiger charge is -2.39. The second-order valence-corrected chi connectivity index (χ2v) is 6.21. The van der Waals surface area contributed by atoms with Crippen LogP contribution in [0.4, 0.5) is 0 Å². The predicted octanol–water partition coefficient (Wildman–Crippen LogP) is 3.58. The van der Waals surface area contributed by atoms with Gasteiger partial charge >= 0.3 is 0 Å². The molecule has 2 aliphatic carbocycles. The minimum atomic E-state index is 0.512. The lowest BCUT2D eigenvalue weighted by Crippen LogP contribution is -2.34. The van der Waals surface area contributed by atoms with Crippen LogP contribution in [0.15, 0.2) is 0 Å². The molecule has 0 aromatic rings. The van der Waals surface area contributed by atoms with Crippen molar-refractivity contribution in [2.24, 2.45) is 29.4 Å². The van der Waals surface area contributed by atoms with Crippen molar-refractivity contribution in [2.75, 3.05) is 0 Å². The predicted molar refractivity (Wildman–Crippen MR) is 65.6 cm³/mol. The van der Waals surface area contributed by atoms with Crippen molar-refractivity contribution < 1.29 is 0 Å². The molecule has 2 saturated carbocycles. The van der Waals surface area contributed by atoms with E-state index in [-0.39, 0.29) is 0 Å². The molecular formula is C14H27N. The Bertz CT molecular complexity index is 202. The average Bonchev–Trinajstić information content (AvgIpc) is 2.22. The maximum atomic E-state index is 6.09. The molecule has 88 valence electrons. The third-order valence-electron chi connectivity index (χ3n) is 5.06. The van der Waals surface area contributed by atoms with Crippen LogP contribution < -0.4 is 5.73 Å². The Morgan fingerprint density at radius 1 is 0.800 bits per heavy atom. The standard InChI is InChI=1S/C14H27N/c1-10-6-7-13(8-11(10)2)12-4-3-5-14(15)9-12/h10-14H,3-9,15H2,1-2H3. The summed E-state index contributed by atoms with van der Waals surface area (Å²) in [5.41, 5.74) is 6.09. The molecule has 1 heteroatoms. The second-order valence-electron chi connectivity index (χ2n) is 6.21. The molecular weight excluding hydrogens is 182 g/mol. The van der Waals surface area contributed by atoms with Crippen LogP contribution in [0, 0.1) is 23.7 Å². The van der Waals surface area contributed by atoms with E-state index in [0.717, 1.165) is 23.7 Å². The zero-order chi connectivity index (χ0) is 10.8. The lowest BCUT2D eigenvalue weighted by molar-refractivity contribution is 0.125. The molecule has 0 aromatic carbocycles. The highest BCUT2D eigenvalue weighted by Gasteiger charge is 2.32. The van der Waals surface area contributed by atoms with Crippen molar-refractivity contribution in [1.82, 2.24) is 0 Å². The van der Waals surface area contributed by atoms with Gasteiger partial charge in [0.15, 0.2) is 0 Å². The van der Waals surface area contributed by atoms with Crippen LogP contribution in [-0.4, -0.2) is 6.04 Å². The Balaban J connectivity index is 1.87. The van der Waals surface area contributed by atoms with E-state index in [1.807, 2.05) is 0 Å². The average molecular weight is 209 g/mol. The van der Waals surface area contributed by atoms with Crippen LogP contribution in [0.5, 0.6) is 0 Å². The van der Waals surface area contributed by atoms with E-state index in [2.05, 4.69) is 13.8 Å². The zero-order valence-corrected chi connectivity index (χ0v) is 10.4. The lowest BCUT2D eigenvalue weighted by atomic mass is 9.67. The van der Waals surface area contributed by atoms with Crippen molar-refractivity contribution >= 4 is 0 Å². The molecule has 0 radical (unpaired) electrons. The van der Waals surface area contributed by atoms with Gasteiger partial charge in [0.25, 0.3) is 0 Å². The van der Waals surface area contributed by atoms with Crippen LogP contribution in [0.25, 0.3) is 0 Å². The molecule has 15 heavy (non-hydrogen) atoms. The molecule has 1 nitrogen and oxygen atoms in total. The Hall–Kier alpha value is -0.0400. The van der Waals surface area contributed by atoms with Crippen LogP contribution in [0.1, 0.15) is 58.8 Å². The van der Waals surface area contributed by atoms with Gasteiger partial charge in [-0.25, -0.2) is 0 Å². The van der Waals surface area contributed by atoms with E-state index < -0.39 is 0 Å². The van der Waals surface area contributed by atoms with Crippen LogP contribution >= 0.6 is 0 Å². The van der Waals surface area contributed by atoms with Crippen molar-refractivity contribution in [1.29, 1.82) is 0 Å². The van der Waals surface area contributed by atoms with Crippen molar-refractivity contribution in [3.8, 4) is 0 Å². The van der Waals surface area contributed by atoms with Gasteiger partial charge in [-0.1, -0.05) is 33.1 Å². The highest BCUT2D eigenvalue weighted by atomic mass is 14.6. The molecule has 5 atom stereocenters. The van der Waals surface area contributed by atoms with Crippen LogP contribution in [0.2, 0.25) is 0 Å². The first kappa shape index (κ1) is 11.4. The molecule has 0 amide bonds. The van der Waals surface area contributed by atoms with E-state index in [9.17, 15) is 0 Å². The summed E-state index contributed by atoms with van der Waals surface area (Å²) in [4.78, 5) is 0. The molecule has 2 N–H and O–H groups in total. The smallest absolute Gasteiger partial charge is 0.00415 e. The fraction of sp³-hybridized carbons (Fsp3) is 1.00. The Morgan fingerprint density at radius 2 is 1.53 bits per heavy atom. The number of rotatable bonds is 1. The van der Waals surface area contributed by atoms with E-state index >= 15 is 0 Å². The van der Waals surface area contributed by atoms with Gasteiger partial charge in [-0.15, -0.1) is 0 Å². The van der Waals surface area contributed by atoms with Gasteiger partial charge in [0.05, 0.1) is 0 Å². The van der Waals surface area contributed by atoms with Gasteiger partial charge < -0.3 is 5.73 Å². The van der Waals surface area contributed by atoms with Gasteiger partial charge in [-0.3, -0.25) is 0 Å². The third kappa shape index (κ3) is 2.75. The Kier molecular flexibility index (Phi) is 3.71. The second kappa shape index (κ2) is 4.86. The fourth-order valence-electron chi connectivity index (χ4n) is 3.71. The molecule has 0 heterocycles. The summed E-state index contributed by atoms with van der Waals surface area (Å²) >= 11 is 0. The molecule has 0 saturated heterocycles. The first-order valence-electron chi connectivity index (χ1n) is 6.92. The number of hydrogen-bond donors (Lipinski definition) is 1. The summed E-state index contributed by atoms with van der Waals surface area (Å²) in [6, 6.07) is 0.512. The van der Waals surface area contributed by atoms with Crippen LogP contribution in [-0.2, 0) is 0 Å². The van der Waals surface area contributed by atoms with E-state index in [1.165, 1.54) is 44.9 Å². The molecule has 2 rings (SSSR count). The molecule has 0 aliphatic heterocycles. The monoisotopic (exact) mass is 209 g/mol. The summed E-state index contributed by atoms with van der Waals surface area (Å²) in [6.07, 6.45) is 9.83. The largest absolute Gasteiger partial charge is 0.328 e. The maximum Gasteiger partial charge on any atom is 0.00415 e. The highest BCUT2D eigenvalue weighted by Crippen LogP contribution is 2.41. The maximum absolute atomic E-state index is 6.09. The van der Waals surface area contributed by atoms with Gasteiger partial charge in [0.2, 0.25) is 0 Å². The van der Waals surface area contributed by atoms with Crippen molar-refractivity contribution in [3.05, 3.63) is 0 Å². The van der Waals surface area contributed by atoms with Gasteiger partial charge in [-0.05, 0) is 49.4 Å². The van der Waals surface area contributed by atoms with Crippen LogP contribution in [0.3, 0.4) is 0 Å². The summed E-state index contributed by atoms with van der Waals surface area (Å²) < 4.78 is 0. The summed E-state index contributed by atoms with van der Waals surface area (Å²) in [5, 5.41) is 0. The molecule has 2 aliphatic rings. The number of hydrogen-bond acceptors (Lipinski definition) is 1. The van der Waals surface area contributed by atoms with E-state index in [4.69, 9.17) is 5.73 Å². The van der Waals surface area contributed by atoms with Gasteiger partial charge in [0, 0.05) is 6.04 Å². The zero-order valence-electron chi connectivity index (χ0n) is 10.4. The van der Waals surface area contributed by atoms with Crippen molar-refractivity contribution in [3.63, 3.8) is 0 Å². The molecule has 5 unspecified atom stereocenters. The minimum absolute atomic E-state index is 0.512. The highest BCUT2D eigenvalue weighted by molar-refractivity contribution is 4.84. The van der Waals surface area contributed by atoms with Crippen molar-refractivity contribution in [2.45, 2.75) is 64.8 Å².